The third-order valence-electron chi connectivity index (χ3n) is 2.35. The molecule has 0 saturated carbocycles. The van der Waals surface area contributed by atoms with E-state index in [2.05, 4.69) is 5.32 Å². The van der Waals surface area contributed by atoms with Gasteiger partial charge in [0.15, 0.2) is 0 Å². The zero-order valence-electron chi connectivity index (χ0n) is 10.4. The number of rotatable bonds is 3. The number of hydrogen-bond acceptors (Lipinski definition) is 2. The van der Waals surface area contributed by atoms with Crippen molar-refractivity contribution in [2.75, 3.05) is 0 Å². The molecule has 1 amide bonds. The summed E-state index contributed by atoms with van der Waals surface area (Å²) in [6, 6.07) is 7.57. The van der Waals surface area contributed by atoms with Crippen molar-refractivity contribution in [3.05, 3.63) is 35.4 Å². The molecule has 0 aliphatic carbocycles. The van der Waals surface area contributed by atoms with E-state index in [4.69, 9.17) is 18.0 Å². The number of nitrogens with two attached hydrogens (primary N) is 1. The minimum atomic E-state index is -0.374. The fourth-order valence-corrected chi connectivity index (χ4v) is 1.41. The fourth-order valence-electron chi connectivity index (χ4n) is 1.28. The first-order valence-electron chi connectivity index (χ1n) is 5.48. The maximum Gasteiger partial charge on any atom is 0.225 e. The molecule has 3 N–H and O–H groups in total. The van der Waals surface area contributed by atoms with Crippen LogP contribution in [0.1, 0.15) is 31.9 Å². The van der Waals surface area contributed by atoms with E-state index in [-0.39, 0.29) is 11.3 Å². The highest BCUT2D eigenvalue weighted by atomic mass is 32.1. The fraction of sp³-hybridized carbons (Fsp3) is 0.385. The second-order valence-electron chi connectivity index (χ2n) is 5.00. The minimum Gasteiger partial charge on any atom is -0.389 e. The van der Waals surface area contributed by atoms with E-state index in [0.29, 0.717) is 11.5 Å². The molecule has 0 aromatic heterocycles. The van der Waals surface area contributed by atoms with Crippen LogP contribution in [-0.2, 0) is 11.3 Å². The Morgan fingerprint density at radius 2 is 2.06 bits per heavy atom. The third kappa shape index (κ3) is 4.15. The first-order chi connectivity index (χ1) is 7.80. The Hall–Kier alpha value is -1.42. The molecule has 0 aliphatic heterocycles. The number of nitrogens with one attached hydrogen (secondary N) is 1. The summed E-state index contributed by atoms with van der Waals surface area (Å²) in [6.45, 7) is 6.14. The summed E-state index contributed by atoms with van der Waals surface area (Å²) in [5.74, 6) is 0.0261. The van der Waals surface area contributed by atoms with Crippen LogP contribution < -0.4 is 11.1 Å². The first kappa shape index (κ1) is 13.6. The largest absolute Gasteiger partial charge is 0.389 e. The number of hydrogen-bond donors (Lipinski definition) is 2. The van der Waals surface area contributed by atoms with Gasteiger partial charge in [0.05, 0.1) is 0 Å². The second-order valence-corrected chi connectivity index (χ2v) is 5.44. The van der Waals surface area contributed by atoms with E-state index < -0.39 is 0 Å². The van der Waals surface area contributed by atoms with Gasteiger partial charge in [-0.2, -0.15) is 0 Å². The van der Waals surface area contributed by atoms with Crippen LogP contribution in [0.25, 0.3) is 0 Å². The third-order valence-corrected chi connectivity index (χ3v) is 2.58. The quantitative estimate of drug-likeness (QED) is 0.807. The van der Waals surface area contributed by atoms with Crippen molar-refractivity contribution in [3.63, 3.8) is 0 Å². The van der Waals surface area contributed by atoms with Crippen molar-refractivity contribution >= 4 is 23.1 Å². The van der Waals surface area contributed by atoms with Crippen LogP contribution in [0.2, 0.25) is 0 Å². The molecule has 0 saturated heterocycles. The van der Waals surface area contributed by atoms with Gasteiger partial charge in [-0.05, 0) is 11.6 Å². The van der Waals surface area contributed by atoms with Gasteiger partial charge < -0.3 is 11.1 Å². The lowest BCUT2D eigenvalue weighted by Gasteiger charge is -2.17. The molecule has 17 heavy (non-hydrogen) atoms. The van der Waals surface area contributed by atoms with Gasteiger partial charge in [0.25, 0.3) is 0 Å². The maximum atomic E-state index is 11.7. The molecule has 0 aliphatic rings. The van der Waals surface area contributed by atoms with Gasteiger partial charge in [-0.25, -0.2) is 0 Å². The molecule has 4 heteroatoms. The Morgan fingerprint density at radius 1 is 1.41 bits per heavy atom. The van der Waals surface area contributed by atoms with Crippen molar-refractivity contribution in [1.29, 1.82) is 0 Å². The summed E-state index contributed by atoms with van der Waals surface area (Å²) < 4.78 is 0. The van der Waals surface area contributed by atoms with Crippen LogP contribution in [0, 0.1) is 5.41 Å². The first-order valence-corrected chi connectivity index (χ1v) is 5.88. The Bertz CT molecular complexity index is 435. The average Bonchev–Trinajstić information content (AvgIpc) is 2.25. The Morgan fingerprint density at radius 3 is 2.59 bits per heavy atom. The second kappa shape index (κ2) is 5.27. The van der Waals surface area contributed by atoms with Gasteiger partial charge in [-0.1, -0.05) is 51.2 Å². The summed E-state index contributed by atoms with van der Waals surface area (Å²) in [7, 11) is 0. The Balaban J connectivity index is 2.67. The number of carbonyl (C=O) groups is 1. The Kier molecular flexibility index (Phi) is 4.23. The molecule has 0 unspecified atom stereocenters. The minimum absolute atomic E-state index is 0.0261. The molecular formula is C13H18N2OS. The zero-order valence-corrected chi connectivity index (χ0v) is 11.2. The van der Waals surface area contributed by atoms with Crippen molar-refractivity contribution in [3.8, 4) is 0 Å². The molecule has 1 rings (SSSR count). The smallest absolute Gasteiger partial charge is 0.225 e. The molecule has 0 bridgehead atoms. The van der Waals surface area contributed by atoms with Crippen LogP contribution in [0.4, 0.5) is 0 Å². The van der Waals surface area contributed by atoms with E-state index in [1.54, 1.807) is 0 Å². The van der Waals surface area contributed by atoms with Crippen LogP contribution >= 0.6 is 12.2 Å². The topological polar surface area (TPSA) is 55.1 Å². The highest BCUT2D eigenvalue weighted by Crippen LogP contribution is 2.13. The average molecular weight is 250 g/mol. The molecule has 0 fully saturated rings. The van der Waals surface area contributed by atoms with Crippen molar-refractivity contribution in [2.24, 2.45) is 11.1 Å². The summed E-state index contributed by atoms with van der Waals surface area (Å²) in [6.07, 6.45) is 0. The zero-order chi connectivity index (χ0) is 13.1. The predicted octanol–water partition coefficient (Wildman–Crippen LogP) is 1.98. The molecular weight excluding hydrogens is 232 g/mol. The number of carbonyl (C=O) groups excluding carboxylic acids is 1. The van der Waals surface area contributed by atoms with E-state index in [1.165, 1.54) is 0 Å². The van der Waals surface area contributed by atoms with E-state index in [9.17, 15) is 4.79 Å². The highest BCUT2D eigenvalue weighted by molar-refractivity contribution is 7.80. The van der Waals surface area contributed by atoms with Crippen molar-refractivity contribution in [2.45, 2.75) is 27.3 Å². The van der Waals surface area contributed by atoms with Gasteiger partial charge >= 0.3 is 0 Å². The van der Waals surface area contributed by atoms with Crippen LogP contribution in [0.3, 0.4) is 0 Å². The van der Waals surface area contributed by atoms with Gasteiger partial charge in [0.2, 0.25) is 5.91 Å². The molecule has 92 valence electrons. The van der Waals surface area contributed by atoms with E-state index in [0.717, 1.165) is 11.1 Å². The van der Waals surface area contributed by atoms with E-state index >= 15 is 0 Å². The number of benzene rings is 1. The molecule has 0 spiro atoms. The lowest BCUT2D eigenvalue weighted by atomic mass is 9.95. The Labute approximate surface area is 107 Å². The lowest BCUT2D eigenvalue weighted by molar-refractivity contribution is -0.128. The molecule has 0 radical (unpaired) electrons. The monoisotopic (exact) mass is 250 g/mol. The summed E-state index contributed by atoms with van der Waals surface area (Å²) in [4.78, 5) is 12.1. The van der Waals surface area contributed by atoms with Crippen molar-refractivity contribution < 1.29 is 4.79 Å². The highest BCUT2D eigenvalue weighted by Gasteiger charge is 2.20. The summed E-state index contributed by atoms with van der Waals surface area (Å²) >= 11 is 4.91. The predicted molar refractivity (Wildman–Crippen MR) is 73.6 cm³/mol. The van der Waals surface area contributed by atoms with Gasteiger partial charge in [-0.15, -0.1) is 0 Å². The maximum absolute atomic E-state index is 11.7. The summed E-state index contributed by atoms with van der Waals surface area (Å²) in [5.41, 5.74) is 6.99. The molecule has 0 atom stereocenters. The lowest BCUT2D eigenvalue weighted by Crippen LogP contribution is -2.34. The summed E-state index contributed by atoms with van der Waals surface area (Å²) in [5, 5.41) is 2.88. The molecule has 0 heterocycles. The van der Waals surface area contributed by atoms with Gasteiger partial charge in [-0.3, -0.25) is 4.79 Å². The van der Waals surface area contributed by atoms with Crippen LogP contribution in [-0.4, -0.2) is 10.9 Å². The van der Waals surface area contributed by atoms with Gasteiger partial charge in [0, 0.05) is 17.5 Å². The molecule has 3 nitrogen and oxygen atoms in total. The molecule has 1 aromatic carbocycles. The van der Waals surface area contributed by atoms with E-state index in [1.807, 2.05) is 45.0 Å². The SMILES string of the molecule is CC(C)(C)C(=O)NCc1cccc(C(N)=S)c1. The van der Waals surface area contributed by atoms with Crippen LogP contribution in [0.15, 0.2) is 24.3 Å². The normalized spacial score (nSPS) is 11.0. The molecule has 1 aromatic rings. The number of amides is 1. The van der Waals surface area contributed by atoms with Gasteiger partial charge in [0.1, 0.15) is 4.99 Å². The standard InChI is InChI=1S/C13H18N2OS/c1-13(2,3)12(16)15-8-9-5-4-6-10(7-9)11(14)17/h4-7H,8H2,1-3H3,(H2,14,17)(H,15,16). The van der Waals surface area contributed by atoms with Crippen LogP contribution in [0.5, 0.6) is 0 Å². The van der Waals surface area contributed by atoms with Crippen molar-refractivity contribution in [1.82, 2.24) is 5.32 Å². The number of thiocarbonyl (C=S) groups is 1.